The van der Waals surface area contributed by atoms with Gasteiger partial charge in [0.15, 0.2) is 0 Å². The summed E-state index contributed by atoms with van der Waals surface area (Å²) in [4.78, 5) is 0. The molecular formula is C13H20ClNO2. The normalized spacial score (nSPS) is 14.8. The maximum absolute atomic E-state index is 10.3. The van der Waals surface area contributed by atoms with Crippen LogP contribution in [0.4, 0.5) is 0 Å². The van der Waals surface area contributed by atoms with Gasteiger partial charge in [0.05, 0.1) is 13.2 Å². The van der Waals surface area contributed by atoms with Crippen molar-refractivity contribution in [2.24, 2.45) is 0 Å². The Kier molecular flexibility index (Phi) is 5.25. The third kappa shape index (κ3) is 3.87. The number of hydrogen-bond acceptors (Lipinski definition) is 3. The Hall–Kier alpha value is -0.770. The van der Waals surface area contributed by atoms with E-state index < -0.39 is 6.10 Å². The van der Waals surface area contributed by atoms with Gasteiger partial charge in [0.25, 0.3) is 0 Å². The first-order valence-electron chi connectivity index (χ1n) is 5.73. The summed E-state index contributed by atoms with van der Waals surface area (Å²) in [6.45, 7) is 6.02. The van der Waals surface area contributed by atoms with Gasteiger partial charge in [-0.05, 0) is 25.1 Å². The minimum Gasteiger partial charge on any atom is -0.496 e. The molecule has 0 saturated carbocycles. The van der Waals surface area contributed by atoms with Gasteiger partial charge in [-0.2, -0.15) is 0 Å². The molecule has 0 saturated heterocycles. The largest absolute Gasteiger partial charge is 0.496 e. The molecule has 0 aliphatic rings. The fourth-order valence-electron chi connectivity index (χ4n) is 1.82. The van der Waals surface area contributed by atoms with Crippen LogP contribution in [0.25, 0.3) is 0 Å². The van der Waals surface area contributed by atoms with Crippen LogP contribution in [0.1, 0.15) is 32.4 Å². The molecule has 2 unspecified atom stereocenters. The lowest BCUT2D eigenvalue weighted by Crippen LogP contribution is -2.37. The Morgan fingerprint density at radius 2 is 1.94 bits per heavy atom. The standard InChI is InChI=1S/C13H20ClNO2/c1-8(2)15-9(3)13(16)11-7-10(14)5-6-12(11)17-4/h5-9,13,15-16H,1-4H3. The lowest BCUT2D eigenvalue weighted by Gasteiger charge is -2.24. The molecule has 1 aromatic rings. The predicted octanol–water partition coefficient (Wildman–Crippen LogP) is 2.77. The van der Waals surface area contributed by atoms with E-state index in [9.17, 15) is 5.11 Å². The van der Waals surface area contributed by atoms with E-state index in [1.807, 2.05) is 20.8 Å². The molecule has 2 atom stereocenters. The molecule has 0 bridgehead atoms. The molecule has 1 aromatic carbocycles. The minimum absolute atomic E-state index is 0.0673. The van der Waals surface area contributed by atoms with Crippen LogP contribution >= 0.6 is 11.6 Å². The minimum atomic E-state index is -0.647. The van der Waals surface area contributed by atoms with Crippen molar-refractivity contribution in [3.8, 4) is 5.75 Å². The summed E-state index contributed by atoms with van der Waals surface area (Å²) in [6.07, 6.45) is -0.647. The van der Waals surface area contributed by atoms with E-state index >= 15 is 0 Å². The molecule has 0 radical (unpaired) electrons. The summed E-state index contributed by atoms with van der Waals surface area (Å²) in [5.41, 5.74) is 0.709. The molecule has 0 aliphatic carbocycles. The third-order valence-corrected chi connectivity index (χ3v) is 2.82. The zero-order valence-corrected chi connectivity index (χ0v) is 11.5. The first kappa shape index (κ1) is 14.3. The Labute approximate surface area is 108 Å². The highest BCUT2D eigenvalue weighted by molar-refractivity contribution is 6.30. The second-order valence-electron chi connectivity index (χ2n) is 4.44. The number of nitrogens with one attached hydrogen (secondary N) is 1. The van der Waals surface area contributed by atoms with Crippen molar-refractivity contribution >= 4 is 11.6 Å². The number of aliphatic hydroxyl groups is 1. The van der Waals surface area contributed by atoms with E-state index in [2.05, 4.69) is 5.32 Å². The van der Waals surface area contributed by atoms with Gasteiger partial charge in [-0.3, -0.25) is 0 Å². The zero-order valence-electron chi connectivity index (χ0n) is 10.7. The summed E-state index contributed by atoms with van der Waals surface area (Å²) in [6, 6.07) is 5.50. The number of rotatable bonds is 5. The molecule has 0 fully saturated rings. The van der Waals surface area contributed by atoms with Crippen LogP contribution in [-0.2, 0) is 0 Å². The number of benzene rings is 1. The highest BCUT2D eigenvalue weighted by Gasteiger charge is 2.20. The van der Waals surface area contributed by atoms with Crippen LogP contribution < -0.4 is 10.1 Å². The highest BCUT2D eigenvalue weighted by Crippen LogP contribution is 2.30. The van der Waals surface area contributed by atoms with Crippen molar-refractivity contribution < 1.29 is 9.84 Å². The molecule has 0 heterocycles. The molecule has 3 nitrogen and oxygen atoms in total. The fraction of sp³-hybridized carbons (Fsp3) is 0.538. The second kappa shape index (κ2) is 6.24. The van der Waals surface area contributed by atoms with Crippen LogP contribution in [0.15, 0.2) is 18.2 Å². The van der Waals surface area contributed by atoms with Crippen molar-refractivity contribution in [2.75, 3.05) is 7.11 Å². The maximum Gasteiger partial charge on any atom is 0.124 e. The molecule has 4 heteroatoms. The Balaban J connectivity index is 2.93. The van der Waals surface area contributed by atoms with E-state index in [1.54, 1.807) is 25.3 Å². The first-order valence-corrected chi connectivity index (χ1v) is 6.11. The van der Waals surface area contributed by atoms with Crippen LogP contribution in [0, 0.1) is 0 Å². The smallest absolute Gasteiger partial charge is 0.124 e. The molecule has 0 aromatic heterocycles. The lowest BCUT2D eigenvalue weighted by molar-refractivity contribution is 0.128. The fourth-order valence-corrected chi connectivity index (χ4v) is 2.00. The van der Waals surface area contributed by atoms with E-state index in [1.165, 1.54) is 0 Å². The molecular weight excluding hydrogens is 238 g/mol. The van der Waals surface area contributed by atoms with E-state index in [-0.39, 0.29) is 6.04 Å². The number of aliphatic hydroxyl groups excluding tert-OH is 1. The van der Waals surface area contributed by atoms with Crippen molar-refractivity contribution in [2.45, 2.75) is 39.0 Å². The topological polar surface area (TPSA) is 41.5 Å². The molecule has 96 valence electrons. The van der Waals surface area contributed by atoms with E-state index in [4.69, 9.17) is 16.3 Å². The average molecular weight is 258 g/mol. The van der Waals surface area contributed by atoms with Gasteiger partial charge in [0.1, 0.15) is 5.75 Å². The van der Waals surface area contributed by atoms with Gasteiger partial charge in [-0.15, -0.1) is 0 Å². The number of ether oxygens (including phenoxy) is 1. The molecule has 2 N–H and O–H groups in total. The maximum atomic E-state index is 10.3. The van der Waals surface area contributed by atoms with Crippen molar-refractivity contribution in [3.63, 3.8) is 0 Å². The van der Waals surface area contributed by atoms with Gasteiger partial charge in [-0.25, -0.2) is 0 Å². The van der Waals surface area contributed by atoms with E-state index in [0.29, 0.717) is 22.4 Å². The Morgan fingerprint density at radius 1 is 1.29 bits per heavy atom. The highest BCUT2D eigenvalue weighted by atomic mass is 35.5. The van der Waals surface area contributed by atoms with Crippen LogP contribution in [0.2, 0.25) is 5.02 Å². The van der Waals surface area contributed by atoms with Gasteiger partial charge in [0.2, 0.25) is 0 Å². The Morgan fingerprint density at radius 3 is 2.47 bits per heavy atom. The van der Waals surface area contributed by atoms with Crippen molar-refractivity contribution in [1.82, 2.24) is 5.32 Å². The molecule has 0 amide bonds. The lowest BCUT2D eigenvalue weighted by atomic mass is 10.0. The number of halogens is 1. The molecule has 0 aliphatic heterocycles. The summed E-state index contributed by atoms with van der Waals surface area (Å²) < 4.78 is 5.23. The number of methoxy groups -OCH3 is 1. The SMILES string of the molecule is COc1ccc(Cl)cc1C(O)C(C)NC(C)C. The van der Waals surface area contributed by atoms with Crippen LogP contribution in [0.5, 0.6) is 5.75 Å². The second-order valence-corrected chi connectivity index (χ2v) is 4.88. The van der Waals surface area contributed by atoms with Crippen LogP contribution in [-0.4, -0.2) is 24.3 Å². The first-order chi connectivity index (χ1) is 7.95. The molecule has 1 rings (SSSR count). The predicted molar refractivity (Wildman–Crippen MR) is 70.7 cm³/mol. The zero-order chi connectivity index (χ0) is 13.0. The van der Waals surface area contributed by atoms with Gasteiger partial charge in [-0.1, -0.05) is 25.4 Å². The van der Waals surface area contributed by atoms with Gasteiger partial charge in [0, 0.05) is 22.7 Å². The van der Waals surface area contributed by atoms with Crippen molar-refractivity contribution in [3.05, 3.63) is 28.8 Å². The average Bonchev–Trinajstić information content (AvgIpc) is 2.27. The van der Waals surface area contributed by atoms with Gasteiger partial charge >= 0.3 is 0 Å². The molecule has 17 heavy (non-hydrogen) atoms. The number of hydrogen-bond donors (Lipinski definition) is 2. The third-order valence-electron chi connectivity index (χ3n) is 2.58. The molecule has 0 spiro atoms. The Bertz CT molecular complexity index is 368. The summed E-state index contributed by atoms with van der Waals surface area (Å²) >= 11 is 5.94. The van der Waals surface area contributed by atoms with Gasteiger partial charge < -0.3 is 15.2 Å². The van der Waals surface area contributed by atoms with Crippen molar-refractivity contribution in [1.29, 1.82) is 0 Å². The summed E-state index contributed by atoms with van der Waals surface area (Å²) in [5.74, 6) is 0.652. The monoisotopic (exact) mass is 257 g/mol. The van der Waals surface area contributed by atoms with E-state index in [0.717, 1.165) is 0 Å². The van der Waals surface area contributed by atoms with Crippen LogP contribution in [0.3, 0.4) is 0 Å². The quantitative estimate of drug-likeness (QED) is 0.852. The summed E-state index contributed by atoms with van der Waals surface area (Å²) in [5, 5.41) is 14.1. The summed E-state index contributed by atoms with van der Waals surface area (Å²) in [7, 11) is 1.58.